The molecule has 0 bridgehead atoms. The van der Waals surface area contributed by atoms with Crippen molar-refractivity contribution in [1.29, 1.82) is 0 Å². The Morgan fingerprint density at radius 2 is 2.09 bits per heavy atom. The lowest BCUT2D eigenvalue weighted by Gasteiger charge is -2.18. The van der Waals surface area contributed by atoms with Crippen LogP contribution < -0.4 is 10.6 Å². The Labute approximate surface area is 133 Å². The predicted octanol–water partition coefficient (Wildman–Crippen LogP) is 1.83. The molecule has 0 aliphatic heterocycles. The maximum absolute atomic E-state index is 13.8. The van der Waals surface area contributed by atoms with Gasteiger partial charge in [0.15, 0.2) is 11.8 Å². The molecular formula is C15H20F2N6. The van der Waals surface area contributed by atoms with Crippen molar-refractivity contribution in [3.63, 3.8) is 0 Å². The van der Waals surface area contributed by atoms with Gasteiger partial charge in [-0.1, -0.05) is 6.07 Å². The SMILES string of the molecule is CN=C(NCc1nnc(C)n1C)NC(C)c1ccc(F)cc1F. The topological polar surface area (TPSA) is 67.1 Å². The van der Waals surface area contributed by atoms with E-state index in [4.69, 9.17) is 0 Å². The lowest BCUT2D eigenvalue weighted by atomic mass is 10.1. The van der Waals surface area contributed by atoms with Gasteiger partial charge in [0.25, 0.3) is 0 Å². The van der Waals surface area contributed by atoms with Crippen LogP contribution in [0.25, 0.3) is 0 Å². The average molecular weight is 322 g/mol. The van der Waals surface area contributed by atoms with Crippen LogP contribution in [0.2, 0.25) is 0 Å². The third-order valence-corrected chi connectivity index (χ3v) is 3.60. The molecule has 0 spiro atoms. The molecule has 2 rings (SSSR count). The molecule has 0 fully saturated rings. The Morgan fingerprint density at radius 1 is 1.35 bits per heavy atom. The van der Waals surface area contributed by atoms with Crippen LogP contribution in [0.15, 0.2) is 23.2 Å². The molecule has 0 aliphatic rings. The average Bonchev–Trinajstić information content (AvgIpc) is 2.82. The van der Waals surface area contributed by atoms with Crippen LogP contribution >= 0.6 is 0 Å². The first kappa shape index (κ1) is 16.9. The van der Waals surface area contributed by atoms with Crippen molar-refractivity contribution in [1.82, 2.24) is 25.4 Å². The van der Waals surface area contributed by atoms with Gasteiger partial charge >= 0.3 is 0 Å². The van der Waals surface area contributed by atoms with Crippen LogP contribution in [0.4, 0.5) is 8.78 Å². The Bertz CT molecular complexity index is 710. The van der Waals surface area contributed by atoms with Gasteiger partial charge in [0.05, 0.1) is 12.6 Å². The number of hydrogen-bond donors (Lipinski definition) is 2. The predicted molar refractivity (Wildman–Crippen MR) is 83.8 cm³/mol. The van der Waals surface area contributed by atoms with Gasteiger partial charge in [-0.25, -0.2) is 8.78 Å². The minimum absolute atomic E-state index is 0.365. The summed E-state index contributed by atoms with van der Waals surface area (Å²) in [7, 11) is 3.49. The molecule has 124 valence electrons. The summed E-state index contributed by atoms with van der Waals surface area (Å²) in [6.45, 7) is 4.06. The van der Waals surface area contributed by atoms with Crippen LogP contribution in [0.5, 0.6) is 0 Å². The third kappa shape index (κ3) is 4.02. The number of hydrogen-bond acceptors (Lipinski definition) is 3. The molecule has 1 aromatic heterocycles. The van der Waals surface area contributed by atoms with Gasteiger partial charge in [-0.3, -0.25) is 4.99 Å². The third-order valence-electron chi connectivity index (χ3n) is 3.60. The molecule has 1 unspecified atom stereocenters. The summed E-state index contributed by atoms with van der Waals surface area (Å²) in [4.78, 5) is 4.09. The van der Waals surface area contributed by atoms with Gasteiger partial charge in [0, 0.05) is 25.7 Å². The first-order valence-corrected chi connectivity index (χ1v) is 7.19. The van der Waals surface area contributed by atoms with Gasteiger partial charge in [0.2, 0.25) is 0 Å². The Balaban J connectivity index is 2.00. The van der Waals surface area contributed by atoms with Crippen LogP contribution in [-0.2, 0) is 13.6 Å². The zero-order valence-electron chi connectivity index (χ0n) is 13.6. The number of aliphatic imine (C=N–C) groups is 1. The van der Waals surface area contributed by atoms with Crippen molar-refractivity contribution >= 4 is 5.96 Å². The molecule has 1 aromatic carbocycles. The minimum atomic E-state index is -0.599. The minimum Gasteiger partial charge on any atom is -0.350 e. The monoisotopic (exact) mass is 322 g/mol. The highest BCUT2D eigenvalue weighted by Gasteiger charge is 2.13. The fourth-order valence-corrected chi connectivity index (χ4v) is 2.10. The van der Waals surface area contributed by atoms with Crippen LogP contribution in [-0.4, -0.2) is 27.8 Å². The fourth-order valence-electron chi connectivity index (χ4n) is 2.10. The molecule has 8 heteroatoms. The molecule has 1 atom stereocenters. The first-order valence-electron chi connectivity index (χ1n) is 7.19. The number of halogens is 2. The summed E-state index contributed by atoms with van der Waals surface area (Å²) in [6, 6.07) is 3.14. The molecule has 0 aliphatic carbocycles. The number of rotatable bonds is 4. The van der Waals surface area contributed by atoms with Crippen molar-refractivity contribution in [2.24, 2.45) is 12.0 Å². The summed E-state index contributed by atoms with van der Waals surface area (Å²) in [6.07, 6.45) is 0. The molecule has 1 heterocycles. The van der Waals surface area contributed by atoms with Crippen molar-refractivity contribution in [2.45, 2.75) is 26.4 Å². The quantitative estimate of drug-likeness (QED) is 0.666. The Kier molecular flexibility index (Phi) is 5.25. The maximum atomic E-state index is 13.8. The smallest absolute Gasteiger partial charge is 0.191 e. The lowest BCUT2D eigenvalue weighted by molar-refractivity contribution is 0.550. The van der Waals surface area contributed by atoms with Crippen LogP contribution in [0, 0.1) is 18.6 Å². The molecular weight excluding hydrogens is 302 g/mol. The van der Waals surface area contributed by atoms with E-state index in [0.717, 1.165) is 17.7 Å². The highest BCUT2D eigenvalue weighted by molar-refractivity contribution is 5.80. The second kappa shape index (κ2) is 7.17. The maximum Gasteiger partial charge on any atom is 0.191 e. The molecule has 0 amide bonds. The number of nitrogens with zero attached hydrogens (tertiary/aromatic N) is 4. The molecule has 0 saturated carbocycles. The van der Waals surface area contributed by atoms with Gasteiger partial charge < -0.3 is 15.2 Å². The molecule has 0 radical (unpaired) electrons. The van der Waals surface area contributed by atoms with Crippen LogP contribution in [0.1, 0.15) is 30.2 Å². The van der Waals surface area contributed by atoms with E-state index >= 15 is 0 Å². The van der Waals surface area contributed by atoms with Gasteiger partial charge in [-0.15, -0.1) is 10.2 Å². The molecule has 6 nitrogen and oxygen atoms in total. The largest absolute Gasteiger partial charge is 0.350 e. The molecule has 2 N–H and O–H groups in total. The fraction of sp³-hybridized carbons (Fsp3) is 0.400. The Hall–Kier alpha value is -2.51. The first-order chi connectivity index (χ1) is 10.9. The Morgan fingerprint density at radius 3 is 2.65 bits per heavy atom. The number of nitrogens with one attached hydrogen (secondary N) is 2. The van der Waals surface area contributed by atoms with Crippen molar-refractivity contribution < 1.29 is 8.78 Å². The number of benzene rings is 1. The molecule has 2 aromatic rings. The van der Waals surface area contributed by atoms with E-state index in [1.165, 1.54) is 12.1 Å². The second-order valence-electron chi connectivity index (χ2n) is 5.18. The van der Waals surface area contributed by atoms with Gasteiger partial charge in [0.1, 0.15) is 17.5 Å². The highest BCUT2D eigenvalue weighted by Crippen LogP contribution is 2.17. The molecule has 23 heavy (non-hydrogen) atoms. The van der Waals surface area contributed by atoms with Crippen molar-refractivity contribution in [3.8, 4) is 0 Å². The zero-order valence-corrected chi connectivity index (χ0v) is 13.6. The van der Waals surface area contributed by atoms with E-state index in [-0.39, 0.29) is 6.04 Å². The van der Waals surface area contributed by atoms with E-state index in [0.29, 0.717) is 18.1 Å². The summed E-state index contributed by atoms with van der Waals surface area (Å²) in [5.41, 5.74) is 0.365. The van der Waals surface area contributed by atoms with Gasteiger partial charge in [-0.05, 0) is 19.9 Å². The summed E-state index contributed by atoms with van der Waals surface area (Å²) < 4.78 is 28.6. The van der Waals surface area contributed by atoms with E-state index in [1.807, 2.05) is 18.5 Å². The van der Waals surface area contributed by atoms with E-state index in [2.05, 4.69) is 25.8 Å². The van der Waals surface area contributed by atoms with E-state index in [9.17, 15) is 8.78 Å². The number of aromatic nitrogens is 3. The lowest BCUT2D eigenvalue weighted by Crippen LogP contribution is -2.39. The summed E-state index contributed by atoms with van der Waals surface area (Å²) in [5, 5.41) is 14.2. The van der Waals surface area contributed by atoms with Crippen molar-refractivity contribution in [3.05, 3.63) is 47.0 Å². The zero-order chi connectivity index (χ0) is 17.0. The van der Waals surface area contributed by atoms with Crippen molar-refractivity contribution in [2.75, 3.05) is 7.05 Å². The number of guanidine groups is 1. The number of aryl methyl sites for hydroxylation is 1. The summed E-state index contributed by atoms with van der Waals surface area (Å²) in [5.74, 6) is 0.863. The van der Waals surface area contributed by atoms with E-state index < -0.39 is 11.6 Å². The highest BCUT2D eigenvalue weighted by atomic mass is 19.1. The summed E-state index contributed by atoms with van der Waals surface area (Å²) >= 11 is 0. The van der Waals surface area contributed by atoms with E-state index in [1.54, 1.807) is 14.0 Å². The normalized spacial score (nSPS) is 13.0. The molecule has 0 saturated heterocycles. The second-order valence-corrected chi connectivity index (χ2v) is 5.18. The van der Waals surface area contributed by atoms with Crippen LogP contribution in [0.3, 0.4) is 0 Å². The standard InChI is InChI=1S/C15H20F2N6/c1-9(12-6-5-11(16)7-13(12)17)20-15(18-3)19-8-14-22-21-10(2)23(14)4/h5-7,9H,8H2,1-4H3,(H2,18,19,20). The van der Waals surface area contributed by atoms with Gasteiger partial charge in [-0.2, -0.15) is 0 Å².